The predicted molar refractivity (Wildman–Crippen MR) is 76.7 cm³/mol. The van der Waals surface area contributed by atoms with Crippen molar-refractivity contribution in [2.45, 2.75) is 39.2 Å². The fourth-order valence-electron chi connectivity index (χ4n) is 2.73. The summed E-state index contributed by atoms with van der Waals surface area (Å²) in [6, 6.07) is 6.90. The Morgan fingerprint density at radius 2 is 2.05 bits per heavy atom. The summed E-state index contributed by atoms with van der Waals surface area (Å²) < 4.78 is 0. The topological polar surface area (TPSA) is 57.6 Å². The number of amides is 1. The summed E-state index contributed by atoms with van der Waals surface area (Å²) in [5.74, 6) is -0.327. The van der Waals surface area contributed by atoms with E-state index in [1.54, 1.807) is 18.2 Å². The van der Waals surface area contributed by atoms with Crippen molar-refractivity contribution in [2.24, 2.45) is 5.92 Å². The third-order valence-corrected chi connectivity index (χ3v) is 3.97. The van der Waals surface area contributed by atoms with Crippen molar-refractivity contribution in [3.8, 4) is 0 Å². The number of carboxylic acids is 1. The SMILES string of the molecule is CC1CCC(C)N(C(=O)Cc2cccc(C(=O)O)c2)C1. The first kappa shape index (κ1) is 14.6. The fourth-order valence-corrected chi connectivity index (χ4v) is 2.73. The van der Waals surface area contributed by atoms with Gasteiger partial charge in [0.2, 0.25) is 5.91 Å². The summed E-state index contributed by atoms with van der Waals surface area (Å²) in [5.41, 5.74) is 0.996. The molecule has 2 atom stereocenters. The molecule has 1 aliphatic rings. The van der Waals surface area contributed by atoms with E-state index in [1.807, 2.05) is 11.0 Å². The number of hydrogen-bond donors (Lipinski definition) is 1. The van der Waals surface area contributed by atoms with Crippen LogP contribution in [0.3, 0.4) is 0 Å². The van der Waals surface area contributed by atoms with Crippen LogP contribution in [0.2, 0.25) is 0 Å². The number of piperidine rings is 1. The van der Waals surface area contributed by atoms with Gasteiger partial charge >= 0.3 is 5.97 Å². The number of carbonyl (C=O) groups excluding carboxylic acids is 1. The Morgan fingerprint density at radius 3 is 2.75 bits per heavy atom. The lowest BCUT2D eigenvalue weighted by Crippen LogP contribution is -2.45. The van der Waals surface area contributed by atoms with Crippen LogP contribution in [-0.4, -0.2) is 34.5 Å². The molecular formula is C16H21NO3. The smallest absolute Gasteiger partial charge is 0.335 e. The molecule has 1 aliphatic heterocycles. The summed E-state index contributed by atoms with van der Waals surface area (Å²) in [6.07, 6.45) is 2.49. The standard InChI is InChI=1S/C16H21NO3/c1-11-6-7-12(2)17(10-11)15(18)9-13-4-3-5-14(8-13)16(19)20/h3-5,8,11-12H,6-7,9-10H2,1-2H3,(H,19,20). The lowest BCUT2D eigenvalue weighted by molar-refractivity contribution is -0.134. The van der Waals surface area contributed by atoms with Crippen LogP contribution in [0.15, 0.2) is 24.3 Å². The Bertz CT molecular complexity index is 512. The Morgan fingerprint density at radius 1 is 1.30 bits per heavy atom. The third-order valence-electron chi connectivity index (χ3n) is 3.97. The highest BCUT2D eigenvalue weighted by Crippen LogP contribution is 2.22. The van der Waals surface area contributed by atoms with Gasteiger partial charge in [-0.1, -0.05) is 19.1 Å². The van der Waals surface area contributed by atoms with E-state index in [0.717, 1.165) is 18.5 Å². The minimum absolute atomic E-state index is 0.0894. The van der Waals surface area contributed by atoms with Crippen LogP contribution in [0.25, 0.3) is 0 Å². The molecule has 1 saturated heterocycles. The van der Waals surface area contributed by atoms with E-state index < -0.39 is 5.97 Å². The maximum absolute atomic E-state index is 12.4. The molecule has 1 fully saturated rings. The summed E-state index contributed by atoms with van der Waals surface area (Å²) >= 11 is 0. The molecule has 0 bridgehead atoms. The van der Waals surface area contributed by atoms with Gasteiger partial charge in [0.15, 0.2) is 0 Å². The van der Waals surface area contributed by atoms with Crippen LogP contribution in [0.4, 0.5) is 0 Å². The second-order valence-electron chi connectivity index (χ2n) is 5.76. The average Bonchev–Trinajstić information content (AvgIpc) is 2.41. The highest BCUT2D eigenvalue weighted by atomic mass is 16.4. The molecule has 1 aromatic rings. The van der Waals surface area contributed by atoms with E-state index in [9.17, 15) is 9.59 Å². The summed E-state index contributed by atoms with van der Waals surface area (Å²) in [7, 11) is 0. The van der Waals surface area contributed by atoms with E-state index >= 15 is 0 Å². The molecule has 4 heteroatoms. The largest absolute Gasteiger partial charge is 0.478 e. The van der Waals surface area contributed by atoms with Crippen LogP contribution in [0, 0.1) is 5.92 Å². The van der Waals surface area contributed by atoms with Gasteiger partial charge in [-0.25, -0.2) is 4.79 Å². The summed E-state index contributed by atoms with van der Waals surface area (Å²) in [4.78, 5) is 25.3. The molecule has 4 nitrogen and oxygen atoms in total. The van der Waals surface area contributed by atoms with Gasteiger partial charge in [0.05, 0.1) is 12.0 Å². The van der Waals surface area contributed by atoms with Gasteiger partial charge in [0.1, 0.15) is 0 Å². The van der Waals surface area contributed by atoms with E-state index in [1.165, 1.54) is 6.42 Å². The molecule has 1 amide bonds. The molecule has 0 aliphatic carbocycles. The Balaban J connectivity index is 2.07. The van der Waals surface area contributed by atoms with Crippen LogP contribution < -0.4 is 0 Å². The van der Waals surface area contributed by atoms with Gasteiger partial charge in [-0.05, 0) is 43.4 Å². The molecule has 20 heavy (non-hydrogen) atoms. The van der Waals surface area contributed by atoms with E-state index in [2.05, 4.69) is 13.8 Å². The molecule has 2 rings (SSSR count). The Hall–Kier alpha value is -1.84. The minimum atomic E-state index is -0.959. The highest BCUT2D eigenvalue weighted by Gasteiger charge is 2.26. The van der Waals surface area contributed by atoms with Gasteiger partial charge in [-0.3, -0.25) is 4.79 Å². The number of carboxylic acid groups (broad SMARTS) is 1. The summed E-state index contributed by atoms with van der Waals surface area (Å²) in [6.45, 7) is 5.05. The first-order valence-electron chi connectivity index (χ1n) is 7.09. The van der Waals surface area contributed by atoms with Crippen molar-refractivity contribution < 1.29 is 14.7 Å². The molecule has 0 radical (unpaired) electrons. The maximum Gasteiger partial charge on any atom is 0.335 e. The highest BCUT2D eigenvalue weighted by molar-refractivity contribution is 5.88. The number of nitrogens with zero attached hydrogens (tertiary/aromatic N) is 1. The zero-order valence-electron chi connectivity index (χ0n) is 12.0. The first-order valence-corrected chi connectivity index (χ1v) is 7.09. The predicted octanol–water partition coefficient (Wildman–Crippen LogP) is 2.57. The van der Waals surface area contributed by atoms with Crippen molar-refractivity contribution in [3.05, 3.63) is 35.4 Å². The van der Waals surface area contributed by atoms with Crippen molar-refractivity contribution in [3.63, 3.8) is 0 Å². The third kappa shape index (κ3) is 3.38. The van der Waals surface area contributed by atoms with E-state index in [-0.39, 0.29) is 23.9 Å². The minimum Gasteiger partial charge on any atom is -0.478 e. The van der Waals surface area contributed by atoms with Gasteiger partial charge in [0, 0.05) is 12.6 Å². The maximum atomic E-state index is 12.4. The number of rotatable bonds is 3. The van der Waals surface area contributed by atoms with Crippen molar-refractivity contribution in [2.75, 3.05) is 6.54 Å². The molecule has 108 valence electrons. The van der Waals surface area contributed by atoms with Gasteiger partial charge in [-0.15, -0.1) is 0 Å². The normalized spacial score (nSPS) is 22.6. The Labute approximate surface area is 119 Å². The van der Waals surface area contributed by atoms with Crippen molar-refractivity contribution in [1.29, 1.82) is 0 Å². The van der Waals surface area contributed by atoms with Crippen LogP contribution in [-0.2, 0) is 11.2 Å². The molecule has 2 unspecified atom stereocenters. The van der Waals surface area contributed by atoms with E-state index in [0.29, 0.717) is 5.92 Å². The van der Waals surface area contributed by atoms with Gasteiger partial charge < -0.3 is 10.0 Å². The fraction of sp³-hybridized carbons (Fsp3) is 0.500. The molecule has 1 N–H and O–H groups in total. The second-order valence-corrected chi connectivity index (χ2v) is 5.76. The molecule has 1 heterocycles. The quantitative estimate of drug-likeness (QED) is 0.922. The molecule has 0 spiro atoms. The zero-order valence-corrected chi connectivity index (χ0v) is 12.0. The van der Waals surface area contributed by atoms with Crippen LogP contribution in [0.5, 0.6) is 0 Å². The van der Waals surface area contributed by atoms with Crippen molar-refractivity contribution in [1.82, 2.24) is 4.90 Å². The lowest BCUT2D eigenvalue weighted by atomic mass is 9.94. The number of hydrogen-bond acceptors (Lipinski definition) is 2. The first-order chi connectivity index (χ1) is 9.47. The van der Waals surface area contributed by atoms with Crippen molar-refractivity contribution >= 4 is 11.9 Å². The molecule has 0 saturated carbocycles. The lowest BCUT2D eigenvalue weighted by Gasteiger charge is -2.37. The monoisotopic (exact) mass is 275 g/mol. The number of aromatic carboxylic acids is 1. The summed E-state index contributed by atoms with van der Waals surface area (Å²) in [5, 5.41) is 8.97. The molecule has 1 aromatic carbocycles. The van der Waals surface area contributed by atoms with Crippen LogP contribution >= 0.6 is 0 Å². The molecular weight excluding hydrogens is 254 g/mol. The average molecular weight is 275 g/mol. The number of likely N-dealkylation sites (tertiary alicyclic amines) is 1. The number of benzene rings is 1. The van der Waals surface area contributed by atoms with Crippen LogP contribution in [0.1, 0.15) is 42.6 Å². The van der Waals surface area contributed by atoms with E-state index in [4.69, 9.17) is 5.11 Å². The van der Waals surface area contributed by atoms with Gasteiger partial charge in [-0.2, -0.15) is 0 Å². The zero-order chi connectivity index (χ0) is 14.7. The second kappa shape index (κ2) is 6.07. The van der Waals surface area contributed by atoms with Gasteiger partial charge in [0.25, 0.3) is 0 Å². The molecule has 0 aromatic heterocycles. The number of carbonyl (C=O) groups is 2. The Kier molecular flexibility index (Phi) is 4.42.